The largest absolute Gasteiger partial charge is 0.338 e. The predicted molar refractivity (Wildman–Crippen MR) is 81.4 cm³/mol. The molecule has 0 fully saturated rings. The van der Waals surface area contributed by atoms with Crippen LogP contribution in [0.5, 0.6) is 0 Å². The van der Waals surface area contributed by atoms with Crippen LogP contribution in [-0.2, 0) is 9.59 Å². The van der Waals surface area contributed by atoms with Crippen molar-refractivity contribution in [1.82, 2.24) is 15.0 Å². The zero-order valence-electron chi connectivity index (χ0n) is 11.8. The Morgan fingerprint density at radius 2 is 2.18 bits per heavy atom. The van der Waals surface area contributed by atoms with Gasteiger partial charge in [-0.1, -0.05) is 0 Å². The number of fused-ring (bicyclic) bond motifs is 2. The molecule has 3 heterocycles. The molecule has 2 aromatic heterocycles. The summed E-state index contributed by atoms with van der Waals surface area (Å²) in [5.74, 6) is -0.466. The first-order valence-electron chi connectivity index (χ1n) is 6.89. The molecule has 3 aromatic rings. The molecule has 1 aliphatic rings. The molecule has 1 aliphatic heterocycles. The van der Waals surface area contributed by atoms with E-state index in [2.05, 4.69) is 20.3 Å². The summed E-state index contributed by atoms with van der Waals surface area (Å²) in [5.41, 5.74) is 3.77. The highest BCUT2D eigenvalue weighted by Crippen LogP contribution is 2.36. The Morgan fingerprint density at radius 1 is 1.32 bits per heavy atom. The highest BCUT2D eigenvalue weighted by Gasteiger charge is 2.34. The van der Waals surface area contributed by atoms with Gasteiger partial charge in [0.15, 0.2) is 0 Å². The minimum absolute atomic E-state index is 0.164. The Morgan fingerprint density at radius 3 is 2.91 bits per heavy atom. The number of pyridine rings is 1. The number of imidazole rings is 1. The molecule has 0 bridgehead atoms. The molecule has 0 radical (unpaired) electrons. The van der Waals surface area contributed by atoms with Gasteiger partial charge in [0, 0.05) is 23.6 Å². The third-order valence-corrected chi connectivity index (χ3v) is 3.83. The normalized spacial score (nSPS) is 16.6. The van der Waals surface area contributed by atoms with Gasteiger partial charge in [-0.05, 0) is 36.8 Å². The van der Waals surface area contributed by atoms with Crippen molar-refractivity contribution in [3.8, 4) is 11.4 Å². The standard InChI is InChI=1S/C16H12N4O2/c1-8(21)14-10-5-12-13(6-11(10)20-16(14)22)19-15(18-12)9-3-2-4-17-7-9/h2-7,14H,1H3,(H,18,19)(H,20,22). The van der Waals surface area contributed by atoms with Gasteiger partial charge in [-0.2, -0.15) is 0 Å². The molecular formula is C16H12N4O2. The van der Waals surface area contributed by atoms with Gasteiger partial charge in [-0.25, -0.2) is 4.98 Å². The number of aromatic amines is 1. The molecule has 6 nitrogen and oxygen atoms in total. The monoisotopic (exact) mass is 292 g/mol. The van der Waals surface area contributed by atoms with Crippen LogP contribution in [0.3, 0.4) is 0 Å². The lowest BCUT2D eigenvalue weighted by atomic mass is 9.97. The fourth-order valence-electron chi connectivity index (χ4n) is 2.81. The number of hydrogen-bond donors (Lipinski definition) is 2. The minimum Gasteiger partial charge on any atom is -0.338 e. The summed E-state index contributed by atoms with van der Waals surface area (Å²) in [4.78, 5) is 35.4. The Labute approximate surface area is 125 Å². The summed E-state index contributed by atoms with van der Waals surface area (Å²) in [7, 11) is 0. The minimum atomic E-state index is -0.732. The molecule has 108 valence electrons. The number of carbonyl (C=O) groups excluding carboxylic acids is 2. The van der Waals surface area contributed by atoms with Gasteiger partial charge in [0.2, 0.25) is 5.91 Å². The van der Waals surface area contributed by atoms with E-state index in [9.17, 15) is 9.59 Å². The highest BCUT2D eigenvalue weighted by atomic mass is 16.2. The summed E-state index contributed by atoms with van der Waals surface area (Å²) in [6, 6.07) is 7.37. The molecule has 0 saturated carbocycles. The van der Waals surface area contributed by atoms with Gasteiger partial charge in [0.25, 0.3) is 0 Å². The highest BCUT2D eigenvalue weighted by molar-refractivity contribution is 6.17. The van der Waals surface area contributed by atoms with E-state index in [1.54, 1.807) is 18.5 Å². The summed E-state index contributed by atoms with van der Waals surface area (Å²) in [5, 5.41) is 2.74. The van der Waals surface area contributed by atoms with Crippen LogP contribution in [0.25, 0.3) is 22.4 Å². The fourth-order valence-corrected chi connectivity index (χ4v) is 2.81. The third kappa shape index (κ3) is 1.81. The predicted octanol–water partition coefficient (Wildman–Crippen LogP) is 2.25. The maximum atomic E-state index is 11.9. The lowest BCUT2D eigenvalue weighted by molar-refractivity contribution is -0.125. The van der Waals surface area contributed by atoms with Crippen molar-refractivity contribution in [2.45, 2.75) is 12.8 Å². The van der Waals surface area contributed by atoms with Gasteiger partial charge in [-0.15, -0.1) is 0 Å². The lowest BCUT2D eigenvalue weighted by Crippen LogP contribution is -2.18. The number of nitrogens with one attached hydrogen (secondary N) is 2. The van der Waals surface area contributed by atoms with Crippen LogP contribution in [0.15, 0.2) is 36.7 Å². The number of anilines is 1. The van der Waals surface area contributed by atoms with E-state index in [1.165, 1.54) is 6.92 Å². The van der Waals surface area contributed by atoms with Gasteiger partial charge in [0.1, 0.15) is 17.5 Å². The lowest BCUT2D eigenvalue weighted by Gasteiger charge is -2.03. The zero-order chi connectivity index (χ0) is 15.3. The van der Waals surface area contributed by atoms with Crippen LogP contribution in [0.4, 0.5) is 5.69 Å². The van der Waals surface area contributed by atoms with Gasteiger partial charge < -0.3 is 10.3 Å². The number of H-pyrrole nitrogens is 1. The number of carbonyl (C=O) groups is 2. The van der Waals surface area contributed by atoms with Crippen molar-refractivity contribution < 1.29 is 9.59 Å². The van der Waals surface area contributed by atoms with Crippen LogP contribution in [0.1, 0.15) is 18.4 Å². The smallest absolute Gasteiger partial charge is 0.239 e. The third-order valence-electron chi connectivity index (χ3n) is 3.83. The molecule has 1 amide bonds. The van der Waals surface area contributed by atoms with Crippen LogP contribution < -0.4 is 5.32 Å². The number of aromatic nitrogens is 3. The fraction of sp³-hybridized carbons (Fsp3) is 0.125. The number of nitrogens with zero attached hydrogens (tertiary/aromatic N) is 2. The number of benzene rings is 1. The molecule has 0 spiro atoms. The van der Waals surface area contributed by atoms with Gasteiger partial charge >= 0.3 is 0 Å². The molecule has 6 heteroatoms. The second-order valence-corrected chi connectivity index (χ2v) is 5.32. The van der Waals surface area contributed by atoms with E-state index < -0.39 is 5.92 Å². The topological polar surface area (TPSA) is 87.7 Å². The van der Waals surface area contributed by atoms with E-state index in [0.29, 0.717) is 17.1 Å². The first-order chi connectivity index (χ1) is 10.6. The zero-order valence-corrected chi connectivity index (χ0v) is 11.8. The Kier molecular flexibility index (Phi) is 2.59. The average Bonchev–Trinajstić information content (AvgIpc) is 3.04. The summed E-state index contributed by atoms with van der Waals surface area (Å²) >= 11 is 0. The van der Waals surface area contributed by atoms with Crippen molar-refractivity contribution in [2.24, 2.45) is 0 Å². The maximum Gasteiger partial charge on any atom is 0.239 e. The van der Waals surface area contributed by atoms with E-state index in [0.717, 1.165) is 16.6 Å². The van der Waals surface area contributed by atoms with E-state index >= 15 is 0 Å². The van der Waals surface area contributed by atoms with E-state index in [4.69, 9.17) is 0 Å². The van der Waals surface area contributed by atoms with Crippen LogP contribution in [0.2, 0.25) is 0 Å². The van der Waals surface area contributed by atoms with E-state index in [-0.39, 0.29) is 11.7 Å². The second-order valence-electron chi connectivity index (χ2n) is 5.32. The molecule has 1 atom stereocenters. The molecule has 22 heavy (non-hydrogen) atoms. The average molecular weight is 292 g/mol. The molecular weight excluding hydrogens is 280 g/mol. The van der Waals surface area contributed by atoms with Gasteiger partial charge in [0.05, 0.1) is 11.0 Å². The van der Waals surface area contributed by atoms with E-state index in [1.807, 2.05) is 18.2 Å². The van der Waals surface area contributed by atoms with Gasteiger partial charge in [-0.3, -0.25) is 14.6 Å². The van der Waals surface area contributed by atoms with Crippen LogP contribution >= 0.6 is 0 Å². The Balaban J connectivity index is 1.87. The molecule has 0 aliphatic carbocycles. The summed E-state index contributed by atoms with van der Waals surface area (Å²) < 4.78 is 0. The number of hydrogen-bond acceptors (Lipinski definition) is 4. The van der Waals surface area contributed by atoms with Crippen LogP contribution in [-0.4, -0.2) is 26.6 Å². The number of amides is 1. The first-order valence-corrected chi connectivity index (χ1v) is 6.89. The van der Waals surface area contributed by atoms with Crippen molar-refractivity contribution in [3.05, 3.63) is 42.2 Å². The van der Waals surface area contributed by atoms with Crippen molar-refractivity contribution in [1.29, 1.82) is 0 Å². The molecule has 1 aromatic carbocycles. The second kappa shape index (κ2) is 4.49. The van der Waals surface area contributed by atoms with Crippen molar-refractivity contribution in [3.63, 3.8) is 0 Å². The Bertz CT molecular complexity index is 915. The van der Waals surface area contributed by atoms with Crippen LogP contribution in [0, 0.1) is 0 Å². The molecule has 1 unspecified atom stereocenters. The molecule has 4 rings (SSSR count). The summed E-state index contributed by atoms with van der Waals surface area (Å²) in [6.45, 7) is 1.43. The number of rotatable bonds is 2. The number of Topliss-reactive ketones (excluding diaryl/α,β-unsaturated/α-hetero) is 1. The van der Waals surface area contributed by atoms with Crippen molar-refractivity contribution in [2.75, 3.05) is 5.32 Å². The molecule has 0 saturated heterocycles. The summed E-state index contributed by atoms with van der Waals surface area (Å²) in [6.07, 6.45) is 3.43. The molecule has 2 N–H and O–H groups in total. The van der Waals surface area contributed by atoms with Crippen molar-refractivity contribution >= 4 is 28.4 Å². The quantitative estimate of drug-likeness (QED) is 0.709. The number of ketones is 1. The maximum absolute atomic E-state index is 11.9. The SMILES string of the molecule is CC(=O)C1C(=O)Nc2cc3nc(-c4cccnc4)[nH]c3cc21. The first kappa shape index (κ1) is 12.7. The Hall–Kier alpha value is -3.02.